The second kappa shape index (κ2) is 5.09. The lowest BCUT2D eigenvalue weighted by molar-refractivity contribution is -0.116. The fourth-order valence-corrected chi connectivity index (χ4v) is 1.26. The molecule has 0 saturated carbocycles. The van der Waals surface area contributed by atoms with Crippen LogP contribution in [0.2, 0.25) is 5.02 Å². The van der Waals surface area contributed by atoms with Crippen molar-refractivity contribution in [3.05, 3.63) is 29.0 Å². The predicted octanol–water partition coefficient (Wildman–Crippen LogP) is 2.15. The summed E-state index contributed by atoms with van der Waals surface area (Å²) in [5.41, 5.74) is 5.51. The first-order valence-electron chi connectivity index (χ1n) is 4.49. The van der Waals surface area contributed by atoms with E-state index < -0.39 is 5.82 Å². The summed E-state index contributed by atoms with van der Waals surface area (Å²) in [5.74, 6) is -0.844. The van der Waals surface area contributed by atoms with Crippen molar-refractivity contribution >= 4 is 23.2 Å². The molecular weight excluding hydrogens is 219 g/mol. The Hall–Kier alpha value is -1.13. The van der Waals surface area contributed by atoms with Crippen LogP contribution in [0.15, 0.2) is 18.2 Å². The summed E-state index contributed by atoms with van der Waals surface area (Å²) in [5, 5.41) is 2.77. The average Bonchev–Trinajstić information content (AvgIpc) is 2.10. The summed E-state index contributed by atoms with van der Waals surface area (Å²) >= 11 is 5.66. The van der Waals surface area contributed by atoms with Crippen LogP contribution in [0.4, 0.5) is 10.1 Å². The third-order valence-corrected chi connectivity index (χ3v) is 1.94. The molecule has 0 aliphatic rings. The minimum absolute atomic E-state index is 0.0770. The Balaban J connectivity index is 2.71. The quantitative estimate of drug-likeness (QED) is 0.836. The first-order chi connectivity index (χ1) is 6.99. The highest BCUT2D eigenvalue weighted by Crippen LogP contribution is 2.19. The highest BCUT2D eigenvalue weighted by atomic mass is 35.5. The molecule has 0 spiro atoms. The van der Waals surface area contributed by atoms with E-state index in [1.54, 1.807) is 6.92 Å². The van der Waals surface area contributed by atoms with Gasteiger partial charge in [0, 0.05) is 17.5 Å². The maximum atomic E-state index is 13.2. The van der Waals surface area contributed by atoms with Gasteiger partial charge in [-0.05, 0) is 25.1 Å². The fourth-order valence-electron chi connectivity index (χ4n) is 1.09. The monoisotopic (exact) mass is 230 g/mol. The van der Waals surface area contributed by atoms with Crippen molar-refractivity contribution in [3.63, 3.8) is 0 Å². The molecule has 0 bridgehead atoms. The zero-order valence-corrected chi connectivity index (χ0v) is 9.01. The van der Waals surface area contributed by atoms with E-state index in [1.807, 2.05) is 0 Å². The first kappa shape index (κ1) is 11.9. The first-order valence-corrected chi connectivity index (χ1v) is 4.87. The molecule has 0 aliphatic heterocycles. The van der Waals surface area contributed by atoms with Crippen LogP contribution in [-0.2, 0) is 4.79 Å². The van der Waals surface area contributed by atoms with Crippen LogP contribution in [0.5, 0.6) is 0 Å². The number of hydrogen-bond donors (Lipinski definition) is 2. The highest BCUT2D eigenvalue weighted by molar-refractivity contribution is 6.30. The molecule has 0 aliphatic carbocycles. The van der Waals surface area contributed by atoms with Gasteiger partial charge in [-0.2, -0.15) is 0 Å². The van der Waals surface area contributed by atoms with Gasteiger partial charge in [0.05, 0.1) is 5.69 Å². The number of carbonyl (C=O) groups is 1. The maximum absolute atomic E-state index is 13.2. The molecule has 15 heavy (non-hydrogen) atoms. The zero-order chi connectivity index (χ0) is 11.4. The van der Waals surface area contributed by atoms with E-state index in [-0.39, 0.29) is 24.1 Å². The third-order valence-electron chi connectivity index (χ3n) is 1.71. The molecule has 5 heteroatoms. The maximum Gasteiger partial charge on any atom is 0.225 e. The van der Waals surface area contributed by atoms with Crippen LogP contribution in [0.1, 0.15) is 13.3 Å². The van der Waals surface area contributed by atoms with Gasteiger partial charge >= 0.3 is 0 Å². The minimum atomic E-state index is -0.516. The molecule has 0 radical (unpaired) electrons. The molecular formula is C10H12ClFN2O. The van der Waals surface area contributed by atoms with Gasteiger partial charge in [0.25, 0.3) is 0 Å². The van der Waals surface area contributed by atoms with Crippen LogP contribution < -0.4 is 11.1 Å². The van der Waals surface area contributed by atoms with Crippen molar-refractivity contribution in [2.75, 3.05) is 5.32 Å². The van der Waals surface area contributed by atoms with Gasteiger partial charge in [-0.1, -0.05) is 11.6 Å². The lowest BCUT2D eigenvalue weighted by Gasteiger charge is -2.08. The molecule has 0 fully saturated rings. The summed E-state index contributed by atoms with van der Waals surface area (Å²) in [6, 6.07) is 3.71. The molecule has 1 atom stereocenters. The smallest absolute Gasteiger partial charge is 0.225 e. The van der Waals surface area contributed by atoms with E-state index in [1.165, 1.54) is 18.2 Å². The zero-order valence-electron chi connectivity index (χ0n) is 8.26. The fraction of sp³-hybridized carbons (Fsp3) is 0.300. The number of benzene rings is 1. The number of nitrogens with two attached hydrogens (primary N) is 1. The number of halogens is 2. The molecule has 1 unspecified atom stereocenters. The summed E-state index contributed by atoms with van der Waals surface area (Å²) in [7, 11) is 0. The SMILES string of the molecule is CC(N)CC(=O)Nc1cc(Cl)ccc1F. The standard InChI is InChI=1S/C10H12ClFN2O/c1-6(13)4-10(15)14-9-5-7(11)2-3-8(9)12/h2-3,5-6H,4,13H2,1H3,(H,14,15). The van der Waals surface area contributed by atoms with Crippen molar-refractivity contribution in [1.29, 1.82) is 0 Å². The van der Waals surface area contributed by atoms with E-state index >= 15 is 0 Å². The summed E-state index contributed by atoms with van der Waals surface area (Å²) in [6.45, 7) is 1.70. The van der Waals surface area contributed by atoms with Crippen LogP contribution in [0, 0.1) is 5.82 Å². The lowest BCUT2D eigenvalue weighted by Crippen LogP contribution is -2.24. The number of rotatable bonds is 3. The van der Waals surface area contributed by atoms with Crippen molar-refractivity contribution in [1.82, 2.24) is 0 Å². The second-order valence-electron chi connectivity index (χ2n) is 3.35. The topological polar surface area (TPSA) is 55.1 Å². The largest absolute Gasteiger partial charge is 0.327 e. The van der Waals surface area contributed by atoms with Crippen LogP contribution in [0.3, 0.4) is 0 Å². The van der Waals surface area contributed by atoms with Gasteiger partial charge in [0.2, 0.25) is 5.91 Å². The number of hydrogen-bond acceptors (Lipinski definition) is 2. The Morgan fingerprint density at radius 3 is 2.93 bits per heavy atom. The molecule has 0 aromatic heterocycles. The minimum Gasteiger partial charge on any atom is -0.327 e. The van der Waals surface area contributed by atoms with Gasteiger partial charge in [-0.15, -0.1) is 0 Å². The van der Waals surface area contributed by atoms with E-state index in [0.29, 0.717) is 5.02 Å². The van der Waals surface area contributed by atoms with Crippen LogP contribution in [-0.4, -0.2) is 11.9 Å². The van der Waals surface area contributed by atoms with E-state index in [0.717, 1.165) is 0 Å². The van der Waals surface area contributed by atoms with Crippen molar-refractivity contribution in [2.24, 2.45) is 5.73 Å². The van der Waals surface area contributed by atoms with Gasteiger partial charge < -0.3 is 11.1 Å². The summed E-state index contributed by atoms with van der Waals surface area (Å²) < 4.78 is 13.2. The molecule has 0 heterocycles. The van der Waals surface area contributed by atoms with E-state index in [4.69, 9.17) is 17.3 Å². The molecule has 0 saturated heterocycles. The molecule has 82 valence electrons. The van der Waals surface area contributed by atoms with Crippen LogP contribution in [0.25, 0.3) is 0 Å². The Kier molecular flexibility index (Phi) is 4.05. The number of amides is 1. The molecule has 1 aromatic carbocycles. The predicted molar refractivity (Wildman–Crippen MR) is 58.3 cm³/mol. The summed E-state index contributed by atoms with van der Waals surface area (Å²) in [4.78, 5) is 11.3. The Morgan fingerprint density at radius 2 is 2.33 bits per heavy atom. The van der Waals surface area contributed by atoms with Crippen molar-refractivity contribution in [2.45, 2.75) is 19.4 Å². The van der Waals surface area contributed by atoms with E-state index in [2.05, 4.69) is 5.32 Å². The number of anilines is 1. The van der Waals surface area contributed by atoms with Crippen molar-refractivity contribution < 1.29 is 9.18 Å². The van der Waals surface area contributed by atoms with Crippen LogP contribution >= 0.6 is 11.6 Å². The lowest BCUT2D eigenvalue weighted by atomic mass is 10.2. The molecule has 1 rings (SSSR count). The number of nitrogens with one attached hydrogen (secondary N) is 1. The second-order valence-corrected chi connectivity index (χ2v) is 3.79. The van der Waals surface area contributed by atoms with E-state index in [9.17, 15) is 9.18 Å². The normalized spacial score (nSPS) is 12.3. The Bertz CT molecular complexity index is 368. The van der Waals surface area contributed by atoms with Gasteiger partial charge in [-0.25, -0.2) is 4.39 Å². The Morgan fingerprint density at radius 1 is 1.67 bits per heavy atom. The molecule has 3 N–H and O–H groups in total. The molecule has 1 amide bonds. The van der Waals surface area contributed by atoms with Gasteiger partial charge in [0.15, 0.2) is 0 Å². The Labute approximate surface area is 92.4 Å². The van der Waals surface area contributed by atoms with Gasteiger partial charge in [0.1, 0.15) is 5.82 Å². The summed E-state index contributed by atoms with van der Waals surface area (Å²) in [6.07, 6.45) is 0.145. The van der Waals surface area contributed by atoms with Gasteiger partial charge in [-0.3, -0.25) is 4.79 Å². The number of carbonyl (C=O) groups excluding carboxylic acids is 1. The molecule has 3 nitrogen and oxygen atoms in total. The third kappa shape index (κ3) is 3.85. The highest BCUT2D eigenvalue weighted by Gasteiger charge is 2.09. The van der Waals surface area contributed by atoms with Crippen molar-refractivity contribution in [3.8, 4) is 0 Å². The molecule has 1 aromatic rings. The average molecular weight is 231 g/mol.